The molecular weight excluding hydrogens is 432 g/mol. The van der Waals surface area contributed by atoms with Gasteiger partial charge in [0.05, 0.1) is 7.11 Å². The number of ether oxygens (including phenoxy) is 3. The van der Waals surface area contributed by atoms with Crippen molar-refractivity contribution in [1.82, 2.24) is 0 Å². The lowest BCUT2D eigenvalue weighted by atomic mass is 9.98. The third-order valence-electron chi connectivity index (χ3n) is 4.94. The van der Waals surface area contributed by atoms with Crippen molar-refractivity contribution in [2.75, 3.05) is 20.3 Å². The zero-order valence-corrected chi connectivity index (χ0v) is 18.6. The maximum absolute atomic E-state index is 12.8. The van der Waals surface area contributed by atoms with Crippen LogP contribution >= 0.6 is 0 Å². The van der Waals surface area contributed by atoms with Crippen molar-refractivity contribution in [3.05, 3.63) is 46.1 Å². The second-order valence-corrected chi connectivity index (χ2v) is 7.45. The highest BCUT2D eigenvalue weighted by atomic mass is 16.5. The normalized spacial score (nSPS) is 11.9. The van der Waals surface area contributed by atoms with Gasteiger partial charge >= 0.3 is 5.97 Å². The van der Waals surface area contributed by atoms with E-state index < -0.39 is 17.5 Å². The van der Waals surface area contributed by atoms with Crippen LogP contribution in [0.3, 0.4) is 0 Å². The van der Waals surface area contributed by atoms with Gasteiger partial charge in [-0.15, -0.1) is 0 Å². The number of phenols is 2. The van der Waals surface area contributed by atoms with Crippen LogP contribution in [0.1, 0.15) is 25.8 Å². The largest absolute Gasteiger partial charge is 0.507 e. The minimum Gasteiger partial charge on any atom is -0.507 e. The average molecular weight is 458 g/mol. The van der Waals surface area contributed by atoms with E-state index in [4.69, 9.17) is 18.6 Å². The standard InChI is InChI=1S/C24H26O9/c1-4-5-17-16(6-7-20(30-3)24(17)29)21-10-19(28)23-18(27)8-15(9-22(23)33-21)32-12-14(26)11-31-13(2)25/h6-10,14,26-27,29H,4-5,11-12H2,1-3H3. The summed E-state index contributed by atoms with van der Waals surface area (Å²) in [5.74, 6) is -0.233. The minimum atomic E-state index is -1.08. The van der Waals surface area contributed by atoms with Gasteiger partial charge in [-0.25, -0.2) is 0 Å². The number of carbonyl (C=O) groups is 1. The van der Waals surface area contributed by atoms with Gasteiger partial charge in [-0.2, -0.15) is 0 Å². The van der Waals surface area contributed by atoms with Crippen LogP contribution in [0.15, 0.2) is 39.5 Å². The van der Waals surface area contributed by atoms with Gasteiger partial charge in [0, 0.05) is 36.2 Å². The number of aliphatic hydroxyl groups is 1. The molecule has 0 aliphatic heterocycles. The van der Waals surface area contributed by atoms with E-state index >= 15 is 0 Å². The quantitative estimate of drug-likeness (QED) is 0.413. The first-order valence-electron chi connectivity index (χ1n) is 10.4. The van der Waals surface area contributed by atoms with Crippen LogP contribution in [0.5, 0.6) is 23.0 Å². The molecule has 0 saturated carbocycles. The second kappa shape index (κ2) is 10.3. The summed E-state index contributed by atoms with van der Waals surface area (Å²) in [6, 6.07) is 7.18. The van der Waals surface area contributed by atoms with Crippen molar-refractivity contribution in [3.63, 3.8) is 0 Å². The van der Waals surface area contributed by atoms with Crippen molar-refractivity contribution < 1.29 is 38.7 Å². The number of phenolic OH excluding ortho intramolecular Hbond substituents is 2. The van der Waals surface area contributed by atoms with Gasteiger partial charge in [0.15, 0.2) is 16.9 Å². The number of hydrogen-bond donors (Lipinski definition) is 3. The predicted octanol–water partition coefficient (Wildman–Crippen LogP) is 3.14. The van der Waals surface area contributed by atoms with Crippen molar-refractivity contribution in [2.45, 2.75) is 32.8 Å². The molecule has 1 heterocycles. The highest BCUT2D eigenvalue weighted by Gasteiger charge is 2.19. The van der Waals surface area contributed by atoms with Gasteiger partial charge in [0.2, 0.25) is 0 Å². The number of carbonyl (C=O) groups excluding carboxylic acids is 1. The number of benzene rings is 2. The smallest absolute Gasteiger partial charge is 0.302 e. The van der Waals surface area contributed by atoms with Crippen LogP contribution in [0.25, 0.3) is 22.3 Å². The molecular formula is C24H26O9. The lowest BCUT2D eigenvalue weighted by Crippen LogP contribution is -2.24. The van der Waals surface area contributed by atoms with Crippen molar-refractivity contribution in [2.24, 2.45) is 0 Å². The Kier molecular flexibility index (Phi) is 7.44. The van der Waals surface area contributed by atoms with E-state index in [1.807, 2.05) is 6.92 Å². The molecule has 33 heavy (non-hydrogen) atoms. The maximum atomic E-state index is 12.8. The molecule has 0 amide bonds. The lowest BCUT2D eigenvalue weighted by molar-refractivity contribution is -0.144. The van der Waals surface area contributed by atoms with Crippen LogP contribution in [0.4, 0.5) is 0 Å². The van der Waals surface area contributed by atoms with E-state index in [2.05, 4.69) is 0 Å². The number of fused-ring (bicyclic) bond motifs is 1. The average Bonchev–Trinajstić information content (AvgIpc) is 2.77. The van der Waals surface area contributed by atoms with Crippen molar-refractivity contribution in [3.8, 4) is 34.3 Å². The fourth-order valence-corrected chi connectivity index (χ4v) is 3.43. The molecule has 1 unspecified atom stereocenters. The number of methoxy groups -OCH3 is 1. The minimum absolute atomic E-state index is 0.0265. The molecule has 3 N–H and O–H groups in total. The number of aromatic hydroxyl groups is 2. The SMILES string of the molecule is CCCc1c(-c2cc(=O)c3c(O)cc(OCC(O)COC(C)=O)cc3o2)ccc(OC)c1O. The van der Waals surface area contributed by atoms with Crippen LogP contribution in [0.2, 0.25) is 0 Å². The molecule has 0 spiro atoms. The summed E-state index contributed by atoms with van der Waals surface area (Å²) in [7, 11) is 1.45. The van der Waals surface area contributed by atoms with Crippen LogP contribution in [0, 0.1) is 0 Å². The van der Waals surface area contributed by atoms with Gasteiger partial charge in [-0.05, 0) is 18.6 Å². The highest BCUT2D eigenvalue weighted by molar-refractivity contribution is 5.86. The number of esters is 1. The molecule has 2 aromatic carbocycles. The lowest BCUT2D eigenvalue weighted by Gasteiger charge is -2.15. The summed E-state index contributed by atoms with van der Waals surface area (Å²) >= 11 is 0. The number of aliphatic hydroxyl groups excluding tert-OH is 1. The Morgan fingerprint density at radius 3 is 2.58 bits per heavy atom. The Morgan fingerprint density at radius 2 is 1.91 bits per heavy atom. The molecule has 176 valence electrons. The Balaban J connectivity index is 2.00. The van der Waals surface area contributed by atoms with Crippen molar-refractivity contribution in [1.29, 1.82) is 0 Å². The fraction of sp³-hybridized carbons (Fsp3) is 0.333. The summed E-state index contributed by atoms with van der Waals surface area (Å²) in [5.41, 5.74) is 0.698. The van der Waals surface area contributed by atoms with E-state index in [1.54, 1.807) is 12.1 Å². The van der Waals surface area contributed by atoms with Gasteiger partial charge in [-0.1, -0.05) is 13.3 Å². The topological polar surface area (TPSA) is 136 Å². The van der Waals surface area contributed by atoms with Gasteiger partial charge < -0.3 is 33.9 Å². The van der Waals surface area contributed by atoms with Crippen LogP contribution < -0.4 is 14.9 Å². The summed E-state index contributed by atoms with van der Waals surface area (Å²) in [4.78, 5) is 23.6. The molecule has 0 aliphatic rings. The summed E-state index contributed by atoms with van der Waals surface area (Å²) in [5, 5.41) is 30.8. The summed E-state index contributed by atoms with van der Waals surface area (Å²) in [6.45, 7) is 2.73. The third-order valence-corrected chi connectivity index (χ3v) is 4.94. The van der Waals surface area contributed by atoms with E-state index in [0.717, 1.165) is 6.42 Å². The molecule has 0 aliphatic carbocycles. The van der Waals surface area contributed by atoms with Gasteiger partial charge in [0.25, 0.3) is 0 Å². The molecule has 0 bridgehead atoms. The van der Waals surface area contributed by atoms with Crippen LogP contribution in [-0.2, 0) is 16.0 Å². The Morgan fingerprint density at radius 1 is 1.15 bits per heavy atom. The first-order valence-corrected chi connectivity index (χ1v) is 10.4. The first kappa shape index (κ1) is 23.9. The number of rotatable bonds is 9. The van der Waals surface area contributed by atoms with E-state index in [0.29, 0.717) is 23.3 Å². The summed E-state index contributed by atoms with van der Waals surface area (Å²) < 4.78 is 21.3. The molecule has 3 rings (SSSR count). The third kappa shape index (κ3) is 5.38. The molecule has 1 atom stereocenters. The maximum Gasteiger partial charge on any atom is 0.302 e. The zero-order chi connectivity index (χ0) is 24.1. The molecule has 9 heteroatoms. The van der Waals surface area contributed by atoms with E-state index in [9.17, 15) is 24.9 Å². The van der Waals surface area contributed by atoms with E-state index in [1.165, 1.54) is 32.2 Å². The Labute approximate surface area is 189 Å². The van der Waals surface area contributed by atoms with Crippen molar-refractivity contribution >= 4 is 16.9 Å². The molecule has 1 aromatic heterocycles. The predicted molar refractivity (Wildman–Crippen MR) is 120 cm³/mol. The van der Waals surface area contributed by atoms with Gasteiger partial charge in [0.1, 0.15) is 47.5 Å². The Hall–Kier alpha value is -3.72. The highest BCUT2D eigenvalue weighted by Crippen LogP contribution is 2.39. The molecule has 0 fully saturated rings. The van der Waals surface area contributed by atoms with E-state index in [-0.39, 0.29) is 47.2 Å². The molecule has 0 saturated heterocycles. The zero-order valence-electron chi connectivity index (χ0n) is 18.6. The molecule has 0 radical (unpaired) electrons. The van der Waals surface area contributed by atoms with Gasteiger partial charge in [-0.3, -0.25) is 9.59 Å². The monoisotopic (exact) mass is 458 g/mol. The molecule has 3 aromatic rings. The second-order valence-electron chi connectivity index (χ2n) is 7.45. The fourth-order valence-electron chi connectivity index (χ4n) is 3.43. The summed E-state index contributed by atoms with van der Waals surface area (Å²) in [6.07, 6.45) is 0.179. The Bertz CT molecular complexity index is 1210. The van der Waals surface area contributed by atoms with Crippen LogP contribution in [-0.4, -0.2) is 47.7 Å². The first-order chi connectivity index (χ1) is 15.7. The number of hydrogen-bond acceptors (Lipinski definition) is 9. The molecule has 9 nitrogen and oxygen atoms in total.